The molecule has 0 spiro atoms. The van der Waals surface area contributed by atoms with Crippen molar-refractivity contribution in [2.45, 2.75) is 58.9 Å². The van der Waals surface area contributed by atoms with Gasteiger partial charge in [0.25, 0.3) is 0 Å². The number of aliphatic carboxylic acids is 1. The molecule has 6 unspecified atom stereocenters. The first kappa shape index (κ1) is 15.3. The summed E-state index contributed by atoms with van der Waals surface area (Å²) in [6.45, 7) is 6.47. The van der Waals surface area contributed by atoms with Gasteiger partial charge in [0.05, 0.1) is 11.8 Å². The fourth-order valence-corrected chi connectivity index (χ4v) is 3.93. The Bertz CT molecular complexity index is 382. The van der Waals surface area contributed by atoms with Gasteiger partial charge in [-0.3, -0.25) is 9.59 Å². The largest absolute Gasteiger partial charge is 0.481 e. The molecule has 0 saturated heterocycles. The summed E-state index contributed by atoms with van der Waals surface area (Å²) in [4.78, 5) is 23.7. The second kappa shape index (κ2) is 6.15. The third-order valence-corrected chi connectivity index (χ3v) is 5.49. The van der Waals surface area contributed by atoms with Crippen molar-refractivity contribution in [3.8, 4) is 0 Å². The van der Waals surface area contributed by atoms with Crippen LogP contribution in [-0.4, -0.2) is 23.0 Å². The molecule has 0 aromatic heterocycles. The van der Waals surface area contributed by atoms with Gasteiger partial charge in [0.15, 0.2) is 0 Å². The zero-order valence-corrected chi connectivity index (χ0v) is 12.8. The Morgan fingerprint density at radius 3 is 2.35 bits per heavy atom. The number of rotatable bonds is 3. The summed E-state index contributed by atoms with van der Waals surface area (Å²) in [5.74, 6) is -0.253. The quantitative estimate of drug-likeness (QED) is 0.836. The number of hydrogen-bond donors (Lipinski definition) is 2. The Hall–Kier alpha value is -1.06. The monoisotopic (exact) mass is 281 g/mol. The minimum atomic E-state index is -0.820. The van der Waals surface area contributed by atoms with Gasteiger partial charge in [-0.05, 0) is 37.0 Å². The first-order chi connectivity index (χ1) is 9.40. The molecule has 1 amide bonds. The molecule has 0 radical (unpaired) electrons. The minimum absolute atomic E-state index is 0.0345. The van der Waals surface area contributed by atoms with Crippen LogP contribution in [0.3, 0.4) is 0 Å². The molecular formula is C16H27NO3. The van der Waals surface area contributed by atoms with Crippen molar-refractivity contribution in [1.82, 2.24) is 5.32 Å². The fourth-order valence-electron chi connectivity index (χ4n) is 3.93. The van der Waals surface area contributed by atoms with Gasteiger partial charge in [-0.15, -0.1) is 0 Å². The summed E-state index contributed by atoms with van der Waals surface area (Å²) in [5.41, 5.74) is 0. The van der Waals surface area contributed by atoms with Crippen LogP contribution in [0.1, 0.15) is 52.9 Å². The molecule has 0 heterocycles. The lowest BCUT2D eigenvalue weighted by Gasteiger charge is -2.35. The topological polar surface area (TPSA) is 66.4 Å². The van der Waals surface area contributed by atoms with E-state index in [1.165, 1.54) is 6.42 Å². The van der Waals surface area contributed by atoms with Gasteiger partial charge in [-0.25, -0.2) is 0 Å². The molecule has 0 aromatic rings. The highest BCUT2D eigenvalue weighted by atomic mass is 16.4. The number of nitrogens with one attached hydrogen (secondary N) is 1. The minimum Gasteiger partial charge on any atom is -0.481 e. The Balaban J connectivity index is 1.98. The summed E-state index contributed by atoms with van der Waals surface area (Å²) in [6, 6.07) is 0.219. The third-order valence-electron chi connectivity index (χ3n) is 5.49. The molecule has 2 rings (SSSR count). The first-order valence-corrected chi connectivity index (χ1v) is 7.93. The van der Waals surface area contributed by atoms with Crippen molar-refractivity contribution in [3.63, 3.8) is 0 Å². The van der Waals surface area contributed by atoms with Crippen LogP contribution in [0.5, 0.6) is 0 Å². The molecule has 0 bridgehead atoms. The number of carbonyl (C=O) groups excluding carboxylic acids is 1. The fraction of sp³-hybridized carbons (Fsp3) is 0.875. The van der Waals surface area contributed by atoms with Crippen molar-refractivity contribution in [2.24, 2.45) is 29.6 Å². The van der Waals surface area contributed by atoms with Crippen LogP contribution in [0, 0.1) is 29.6 Å². The molecule has 114 valence electrons. The summed E-state index contributed by atoms with van der Waals surface area (Å²) >= 11 is 0. The van der Waals surface area contributed by atoms with Crippen LogP contribution >= 0.6 is 0 Å². The summed E-state index contributed by atoms with van der Waals surface area (Å²) in [7, 11) is 0. The summed E-state index contributed by atoms with van der Waals surface area (Å²) in [5, 5.41) is 12.4. The highest BCUT2D eigenvalue weighted by molar-refractivity contribution is 5.85. The molecule has 2 aliphatic carbocycles. The van der Waals surface area contributed by atoms with Crippen molar-refractivity contribution >= 4 is 11.9 Å². The van der Waals surface area contributed by atoms with E-state index in [9.17, 15) is 14.7 Å². The zero-order valence-electron chi connectivity index (χ0n) is 12.8. The smallest absolute Gasteiger partial charge is 0.307 e. The maximum Gasteiger partial charge on any atom is 0.307 e. The Morgan fingerprint density at radius 2 is 1.70 bits per heavy atom. The Kier molecular flexibility index (Phi) is 4.71. The molecule has 4 heteroatoms. The lowest BCUT2D eigenvalue weighted by Crippen LogP contribution is -2.47. The maximum atomic E-state index is 12.5. The van der Waals surface area contributed by atoms with E-state index in [2.05, 4.69) is 19.2 Å². The second-order valence-corrected chi connectivity index (χ2v) is 7.01. The van der Waals surface area contributed by atoms with Gasteiger partial charge in [0, 0.05) is 6.04 Å². The van der Waals surface area contributed by atoms with Crippen molar-refractivity contribution in [3.05, 3.63) is 0 Å². The van der Waals surface area contributed by atoms with Crippen LogP contribution in [0.4, 0.5) is 0 Å². The highest BCUT2D eigenvalue weighted by Crippen LogP contribution is 2.37. The van der Waals surface area contributed by atoms with Gasteiger partial charge >= 0.3 is 5.97 Å². The van der Waals surface area contributed by atoms with Crippen LogP contribution in [0.2, 0.25) is 0 Å². The first-order valence-electron chi connectivity index (χ1n) is 7.93. The number of carboxylic acid groups (broad SMARTS) is 1. The number of carboxylic acids is 1. The van der Waals surface area contributed by atoms with E-state index in [1.807, 2.05) is 6.92 Å². The molecule has 6 atom stereocenters. The third kappa shape index (κ3) is 3.15. The number of carbonyl (C=O) groups is 2. The molecule has 2 fully saturated rings. The van der Waals surface area contributed by atoms with E-state index in [1.54, 1.807) is 0 Å². The van der Waals surface area contributed by atoms with Crippen LogP contribution < -0.4 is 5.32 Å². The number of amides is 1. The van der Waals surface area contributed by atoms with Crippen molar-refractivity contribution in [1.29, 1.82) is 0 Å². The van der Waals surface area contributed by atoms with Crippen LogP contribution in [0.25, 0.3) is 0 Å². The zero-order chi connectivity index (χ0) is 14.9. The Labute approximate surface area is 121 Å². The van der Waals surface area contributed by atoms with E-state index in [4.69, 9.17) is 0 Å². The molecule has 0 aromatic carbocycles. The van der Waals surface area contributed by atoms with Crippen LogP contribution in [-0.2, 0) is 9.59 Å². The SMILES string of the molecule is CC1CC(C(=O)O)C(C(=O)NC2CCCC(C)C2C)C1. The predicted molar refractivity (Wildman–Crippen MR) is 77.1 cm³/mol. The molecule has 4 nitrogen and oxygen atoms in total. The van der Waals surface area contributed by atoms with Gasteiger partial charge in [-0.2, -0.15) is 0 Å². The molecule has 0 aliphatic heterocycles. The standard InChI is InChI=1S/C16H27NO3/c1-9-7-12(13(8-9)16(19)20)15(18)17-14-6-4-5-10(2)11(14)3/h9-14H,4-8H2,1-3H3,(H,17,18)(H,19,20). The van der Waals surface area contributed by atoms with Crippen LogP contribution in [0.15, 0.2) is 0 Å². The second-order valence-electron chi connectivity index (χ2n) is 7.01. The van der Waals surface area contributed by atoms with E-state index >= 15 is 0 Å². The van der Waals surface area contributed by atoms with E-state index in [0.29, 0.717) is 30.6 Å². The average Bonchev–Trinajstić information content (AvgIpc) is 2.77. The molecule has 2 aliphatic rings. The highest BCUT2D eigenvalue weighted by Gasteiger charge is 2.42. The molecule has 20 heavy (non-hydrogen) atoms. The maximum absolute atomic E-state index is 12.5. The van der Waals surface area contributed by atoms with Gasteiger partial charge in [0.1, 0.15) is 0 Å². The lowest BCUT2D eigenvalue weighted by atomic mass is 9.77. The van der Waals surface area contributed by atoms with Gasteiger partial charge in [0.2, 0.25) is 5.91 Å². The number of hydrogen-bond acceptors (Lipinski definition) is 2. The molecule has 2 saturated carbocycles. The Morgan fingerprint density at radius 1 is 1.05 bits per heavy atom. The normalized spacial score (nSPS) is 41.4. The average molecular weight is 281 g/mol. The molecular weight excluding hydrogens is 254 g/mol. The van der Waals surface area contributed by atoms with Gasteiger partial charge in [-0.1, -0.05) is 33.6 Å². The van der Waals surface area contributed by atoms with Crippen molar-refractivity contribution in [2.75, 3.05) is 0 Å². The van der Waals surface area contributed by atoms with E-state index in [0.717, 1.165) is 12.8 Å². The summed E-state index contributed by atoms with van der Waals surface area (Å²) < 4.78 is 0. The summed E-state index contributed by atoms with van der Waals surface area (Å²) in [6.07, 6.45) is 4.74. The van der Waals surface area contributed by atoms with E-state index < -0.39 is 11.9 Å². The predicted octanol–water partition coefficient (Wildman–Crippen LogP) is 2.67. The van der Waals surface area contributed by atoms with E-state index in [-0.39, 0.29) is 17.9 Å². The molecule has 2 N–H and O–H groups in total. The lowest BCUT2D eigenvalue weighted by molar-refractivity contribution is -0.146. The van der Waals surface area contributed by atoms with Gasteiger partial charge < -0.3 is 10.4 Å². The van der Waals surface area contributed by atoms with Crippen molar-refractivity contribution < 1.29 is 14.7 Å².